The van der Waals surface area contributed by atoms with Crippen LogP contribution in [-0.4, -0.2) is 5.97 Å². The molecule has 12 heavy (non-hydrogen) atoms. The Balaban J connectivity index is 2.88. The lowest BCUT2D eigenvalue weighted by Crippen LogP contribution is -2.48. The highest BCUT2D eigenvalue weighted by molar-refractivity contribution is 5.67. The molecule has 64 valence electrons. The standard InChI is InChI=1S/C9H11NO2/c1-2-8(9(11)12)10-6-4-3-5-7-10/h3-8H,2H2,1H3. The number of hydrogen-bond donors (Lipinski definition) is 0. The van der Waals surface area contributed by atoms with Gasteiger partial charge in [-0.05, 0) is 0 Å². The number of nitrogens with zero attached hydrogens (tertiary/aromatic N) is 1. The first-order chi connectivity index (χ1) is 5.75. The molecule has 1 aromatic heterocycles. The molecule has 0 aromatic carbocycles. The highest BCUT2D eigenvalue weighted by atomic mass is 16.4. The molecule has 1 unspecified atom stereocenters. The van der Waals surface area contributed by atoms with E-state index in [9.17, 15) is 9.90 Å². The fourth-order valence-corrected chi connectivity index (χ4v) is 1.12. The van der Waals surface area contributed by atoms with Gasteiger partial charge >= 0.3 is 0 Å². The smallest absolute Gasteiger partial charge is 0.197 e. The number of carboxylic acids is 1. The van der Waals surface area contributed by atoms with Crippen LogP contribution in [0.15, 0.2) is 30.6 Å². The second-order valence-corrected chi connectivity index (χ2v) is 2.57. The third-order valence-electron chi connectivity index (χ3n) is 1.76. The maximum Gasteiger partial charge on any atom is 0.197 e. The van der Waals surface area contributed by atoms with Gasteiger partial charge in [0.05, 0.1) is 0 Å². The Morgan fingerprint density at radius 2 is 2.00 bits per heavy atom. The molecule has 1 atom stereocenters. The number of aromatic nitrogens is 1. The Hall–Kier alpha value is -1.38. The third-order valence-corrected chi connectivity index (χ3v) is 1.76. The molecule has 0 saturated heterocycles. The van der Waals surface area contributed by atoms with Crippen LogP contribution in [0.4, 0.5) is 0 Å². The molecule has 3 heteroatoms. The SMILES string of the molecule is CCC(C(=O)[O-])[n+]1ccccc1. The van der Waals surface area contributed by atoms with Crippen molar-refractivity contribution in [3.05, 3.63) is 30.6 Å². The predicted molar refractivity (Wildman–Crippen MR) is 41.0 cm³/mol. The van der Waals surface area contributed by atoms with E-state index < -0.39 is 12.0 Å². The number of carbonyl (C=O) groups is 1. The second-order valence-electron chi connectivity index (χ2n) is 2.57. The molecule has 0 fully saturated rings. The van der Waals surface area contributed by atoms with Gasteiger partial charge in [0, 0.05) is 18.6 Å². The molecular weight excluding hydrogens is 154 g/mol. The number of carboxylic acid groups (broad SMARTS) is 1. The van der Waals surface area contributed by atoms with Gasteiger partial charge in [-0.2, -0.15) is 4.57 Å². The van der Waals surface area contributed by atoms with Gasteiger partial charge in [0.15, 0.2) is 18.4 Å². The largest absolute Gasteiger partial charge is 0.543 e. The summed E-state index contributed by atoms with van der Waals surface area (Å²) in [6.45, 7) is 1.82. The van der Waals surface area contributed by atoms with Crippen LogP contribution in [-0.2, 0) is 4.79 Å². The number of pyridine rings is 1. The third kappa shape index (κ3) is 1.81. The molecule has 0 bridgehead atoms. The molecule has 1 heterocycles. The molecule has 0 aliphatic heterocycles. The van der Waals surface area contributed by atoms with Crippen LogP contribution in [0.2, 0.25) is 0 Å². The quantitative estimate of drug-likeness (QED) is 0.576. The van der Waals surface area contributed by atoms with Crippen molar-refractivity contribution in [3.63, 3.8) is 0 Å². The molecule has 0 aliphatic rings. The summed E-state index contributed by atoms with van der Waals surface area (Å²) in [6, 6.07) is 4.89. The topological polar surface area (TPSA) is 44.0 Å². The second kappa shape index (κ2) is 3.85. The lowest BCUT2D eigenvalue weighted by atomic mass is 10.2. The zero-order valence-electron chi connectivity index (χ0n) is 6.93. The van der Waals surface area contributed by atoms with Crippen LogP contribution in [0.1, 0.15) is 19.4 Å². The molecule has 0 amide bonds. The minimum absolute atomic E-state index is 0.539. The van der Waals surface area contributed by atoms with Crippen LogP contribution >= 0.6 is 0 Å². The minimum Gasteiger partial charge on any atom is -0.543 e. The monoisotopic (exact) mass is 165 g/mol. The normalized spacial score (nSPS) is 12.4. The summed E-state index contributed by atoms with van der Waals surface area (Å²) in [7, 11) is 0. The van der Waals surface area contributed by atoms with Crippen LogP contribution < -0.4 is 9.67 Å². The van der Waals surface area contributed by atoms with E-state index in [-0.39, 0.29) is 0 Å². The van der Waals surface area contributed by atoms with Crippen LogP contribution in [0.25, 0.3) is 0 Å². The van der Waals surface area contributed by atoms with E-state index in [1.54, 1.807) is 29.1 Å². The summed E-state index contributed by atoms with van der Waals surface area (Å²) >= 11 is 0. The van der Waals surface area contributed by atoms with Crippen molar-refractivity contribution in [3.8, 4) is 0 Å². The molecule has 1 rings (SSSR count). The lowest BCUT2D eigenvalue weighted by Gasteiger charge is -2.09. The van der Waals surface area contributed by atoms with Gasteiger partial charge in [0.1, 0.15) is 5.97 Å². The van der Waals surface area contributed by atoms with E-state index in [0.717, 1.165) is 0 Å². The van der Waals surface area contributed by atoms with Gasteiger partial charge in [0.25, 0.3) is 0 Å². The molecule has 1 aromatic rings. The fourth-order valence-electron chi connectivity index (χ4n) is 1.12. The summed E-state index contributed by atoms with van der Waals surface area (Å²) in [6.07, 6.45) is 3.99. The van der Waals surface area contributed by atoms with Crippen LogP contribution in [0.5, 0.6) is 0 Å². The van der Waals surface area contributed by atoms with E-state index in [4.69, 9.17) is 0 Å². The zero-order valence-corrected chi connectivity index (χ0v) is 6.93. The van der Waals surface area contributed by atoms with Gasteiger partial charge in [-0.1, -0.05) is 13.0 Å². The van der Waals surface area contributed by atoms with Crippen molar-refractivity contribution in [2.45, 2.75) is 19.4 Å². The summed E-state index contributed by atoms with van der Waals surface area (Å²) in [5.74, 6) is -1.03. The molecule has 0 N–H and O–H groups in total. The van der Waals surface area contributed by atoms with Gasteiger partial charge in [-0.3, -0.25) is 0 Å². The van der Waals surface area contributed by atoms with E-state index in [1.807, 2.05) is 13.0 Å². The Morgan fingerprint density at radius 3 is 2.42 bits per heavy atom. The molecule has 0 aliphatic carbocycles. The van der Waals surface area contributed by atoms with Gasteiger partial charge in [0.2, 0.25) is 0 Å². The maximum absolute atomic E-state index is 10.6. The average Bonchev–Trinajstić information content (AvgIpc) is 2.07. The Kier molecular flexibility index (Phi) is 2.80. The zero-order chi connectivity index (χ0) is 8.97. The van der Waals surface area contributed by atoms with Gasteiger partial charge < -0.3 is 9.90 Å². The lowest BCUT2D eigenvalue weighted by molar-refractivity contribution is -0.716. The van der Waals surface area contributed by atoms with Crippen LogP contribution in [0.3, 0.4) is 0 Å². The van der Waals surface area contributed by atoms with Crippen molar-refractivity contribution in [1.29, 1.82) is 0 Å². The van der Waals surface area contributed by atoms with E-state index in [2.05, 4.69) is 0 Å². The summed E-state index contributed by atoms with van der Waals surface area (Å²) in [4.78, 5) is 10.6. The molecule has 0 saturated carbocycles. The number of aliphatic carboxylic acids is 1. The highest BCUT2D eigenvalue weighted by Crippen LogP contribution is 1.98. The van der Waals surface area contributed by atoms with E-state index >= 15 is 0 Å². The van der Waals surface area contributed by atoms with Crippen molar-refractivity contribution >= 4 is 5.97 Å². The minimum atomic E-state index is -1.03. The Labute approximate surface area is 71.3 Å². The Bertz CT molecular complexity index is 258. The van der Waals surface area contributed by atoms with Crippen LogP contribution in [0, 0.1) is 0 Å². The van der Waals surface area contributed by atoms with Crippen molar-refractivity contribution in [2.24, 2.45) is 0 Å². The molecule has 0 radical (unpaired) electrons. The number of hydrogen-bond acceptors (Lipinski definition) is 2. The first-order valence-corrected chi connectivity index (χ1v) is 3.92. The van der Waals surface area contributed by atoms with Crippen molar-refractivity contribution < 1.29 is 14.5 Å². The Morgan fingerprint density at radius 1 is 1.42 bits per heavy atom. The van der Waals surface area contributed by atoms with Gasteiger partial charge in [-0.15, -0.1) is 0 Å². The first-order valence-electron chi connectivity index (χ1n) is 3.92. The number of rotatable bonds is 3. The average molecular weight is 165 g/mol. The summed E-state index contributed by atoms with van der Waals surface area (Å²) in [5, 5.41) is 10.6. The summed E-state index contributed by atoms with van der Waals surface area (Å²) in [5.41, 5.74) is 0. The van der Waals surface area contributed by atoms with Crippen molar-refractivity contribution in [2.75, 3.05) is 0 Å². The number of carbonyl (C=O) groups excluding carboxylic acids is 1. The molecular formula is C9H11NO2. The maximum atomic E-state index is 10.6. The van der Waals surface area contributed by atoms with Gasteiger partial charge in [-0.25, -0.2) is 0 Å². The molecule has 3 nitrogen and oxygen atoms in total. The van der Waals surface area contributed by atoms with E-state index in [0.29, 0.717) is 6.42 Å². The molecule has 0 spiro atoms. The fraction of sp³-hybridized carbons (Fsp3) is 0.333. The van der Waals surface area contributed by atoms with E-state index in [1.165, 1.54) is 0 Å². The first kappa shape index (κ1) is 8.71. The van der Waals surface area contributed by atoms with Crippen molar-refractivity contribution in [1.82, 2.24) is 0 Å². The predicted octanol–water partition coefficient (Wildman–Crippen LogP) is -0.325. The highest BCUT2D eigenvalue weighted by Gasteiger charge is 2.15. The summed E-state index contributed by atoms with van der Waals surface area (Å²) < 4.78 is 1.63.